The molecule has 6 heteroatoms. The monoisotopic (exact) mass is 317 g/mol. The molecule has 2 rings (SSSR count). The molecule has 0 saturated heterocycles. The van der Waals surface area contributed by atoms with E-state index < -0.39 is 0 Å². The van der Waals surface area contributed by atoms with Crippen LogP contribution in [0.25, 0.3) is 10.6 Å². The van der Waals surface area contributed by atoms with Crippen LogP contribution >= 0.6 is 38.9 Å². The molecule has 16 heavy (non-hydrogen) atoms. The summed E-state index contributed by atoms with van der Waals surface area (Å²) in [5.74, 6) is 0. The predicted molar refractivity (Wildman–Crippen MR) is 70.7 cm³/mol. The van der Waals surface area contributed by atoms with Gasteiger partial charge in [0.05, 0.1) is 11.1 Å². The van der Waals surface area contributed by atoms with Crippen molar-refractivity contribution in [1.82, 2.24) is 10.2 Å². The van der Waals surface area contributed by atoms with E-state index in [-0.39, 0.29) is 6.04 Å². The highest BCUT2D eigenvalue weighted by Crippen LogP contribution is 2.31. The SMILES string of the molecule is CC(N)c1nnc(-c2ccc(Br)c(Cl)c2)s1. The van der Waals surface area contributed by atoms with Crippen LogP contribution in [0.5, 0.6) is 0 Å². The number of hydrogen-bond acceptors (Lipinski definition) is 4. The fourth-order valence-electron chi connectivity index (χ4n) is 1.16. The van der Waals surface area contributed by atoms with Crippen LogP contribution < -0.4 is 5.73 Å². The normalized spacial score (nSPS) is 12.8. The molecule has 1 heterocycles. The van der Waals surface area contributed by atoms with Crippen LogP contribution in [0.2, 0.25) is 5.02 Å². The second-order valence-corrected chi connectivity index (χ2v) is 5.63. The average Bonchev–Trinajstić information content (AvgIpc) is 2.71. The van der Waals surface area contributed by atoms with Gasteiger partial charge in [0, 0.05) is 10.0 Å². The van der Waals surface area contributed by atoms with E-state index >= 15 is 0 Å². The largest absolute Gasteiger partial charge is 0.322 e. The Hall–Kier alpha value is -0.490. The second-order valence-electron chi connectivity index (χ2n) is 3.36. The molecule has 0 bridgehead atoms. The van der Waals surface area contributed by atoms with Crippen LogP contribution in [-0.4, -0.2) is 10.2 Å². The van der Waals surface area contributed by atoms with Gasteiger partial charge in [-0.3, -0.25) is 0 Å². The molecule has 1 aromatic carbocycles. The summed E-state index contributed by atoms with van der Waals surface area (Å²) in [7, 11) is 0. The zero-order chi connectivity index (χ0) is 11.7. The van der Waals surface area contributed by atoms with E-state index in [2.05, 4.69) is 26.1 Å². The van der Waals surface area contributed by atoms with Gasteiger partial charge < -0.3 is 5.73 Å². The lowest BCUT2D eigenvalue weighted by Crippen LogP contribution is -2.03. The van der Waals surface area contributed by atoms with Gasteiger partial charge >= 0.3 is 0 Å². The van der Waals surface area contributed by atoms with Crippen molar-refractivity contribution in [1.29, 1.82) is 0 Å². The van der Waals surface area contributed by atoms with Gasteiger partial charge in [-0.25, -0.2) is 0 Å². The van der Waals surface area contributed by atoms with E-state index in [0.29, 0.717) is 5.02 Å². The smallest absolute Gasteiger partial charge is 0.147 e. The van der Waals surface area contributed by atoms with Crippen molar-refractivity contribution in [2.24, 2.45) is 5.73 Å². The third-order valence-corrected chi connectivity index (χ3v) is 4.40. The molecule has 1 unspecified atom stereocenters. The van der Waals surface area contributed by atoms with Gasteiger partial charge in [0.1, 0.15) is 10.0 Å². The Bertz CT molecular complexity index is 513. The molecular formula is C10H9BrClN3S. The number of rotatable bonds is 2. The van der Waals surface area contributed by atoms with Gasteiger partial charge in [-0.15, -0.1) is 10.2 Å². The predicted octanol–water partition coefficient (Wildman–Crippen LogP) is 3.64. The van der Waals surface area contributed by atoms with Gasteiger partial charge in [0.2, 0.25) is 0 Å². The number of halogens is 2. The van der Waals surface area contributed by atoms with Gasteiger partial charge in [0.15, 0.2) is 0 Å². The molecule has 0 fully saturated rings. The molecule has 2 N–H and O–H groups in total. The maximum absolute atomic E-state index is 6.02. The molecular weight excluding hydrogens is 310 g/mol. The molecule has 2 aromatic rings. The number of nitrogens with two attached hydrogens (primary N) is 1. The first-order chi connectivity index (χ1) is 7.58. The van der Waals surface area contributed by atoms with Crippen molar-refractivity contribution in [2.75, 3.05) is 0 Å². The molecule has 0 aliphatic carbocycles. The summed E-state index contributed by atoms with van der Waals surface area (Å²) in [6.07, 6.45) is 0. The van der Waals surface area contributed by atoms with Crippen molar-refractivity contribution in [3.05, 3.63) is 32.7 Å². The van der Waals surface area contributed by atoms with E-state index in [1.54, 1.807) is 0 Å². The van der Waals surface area contributed by atoms with Crippen LogP contribution in [0, 0.1) is 0 Å². The lowest BCUT2D eigenvalue weighted by molar-refractivity contribution is 0.786. The van der Waals surface area contributed by atoms with Crippen molar-refractivity contribution < 1.29 is 0 Å². The summed E-state index contributed by atoms with van der Waals surface area (Å²) in [5.41, 5.74) is 6.69. The molecule has 0 radical (unpaired) electrons. The molecule has 84 valence electrons. The Labute approximate surface area is 111 Å². The Morgan fingerprint density at radius 1 is 1.44 bits per heavy atom. The molecule has 0 amide bonds. The van der Waals surface area contributed by atoms with Crippen molar-refractivity contribution in [3.63, 3.8) is 0 Å². The van der Waals surface area contributed by atoms with Gasteiger partial charge in [-0.2, -0.15) is 0 Å². The van der Waals surface area contributed by atoms with E-state index in [1.807, 2.05) is 25.1 Å². The number of nitrogens with zero attached hydrogens (tertiary/aromatic N) is 2. The summed E-state index contributed by atoms with van der Waals surface area (Å²) in [6, 6.07) is 5.61. The summed E-state index contributed by atoms with van der Waals surface area (Å²) in [5, 5.41) is 10.5. The first kappa shape index (κ1) is 12.0. The molecule has 3 nitrogen and oxygen atoms in total. The molecule has 0 aliphatic rings. The third kappa shape index (κ3) is 2.43. The van der Waals surface area contributed by atoms with E-state index in [4.69, 9.17) is 17.3 Å². The fraction of sp³-hybridized carbons (Fsp3) is 0.200. The Balaban J connectivity index is 2.39. The minimum Gasteiger partial charge on any atom is -0.322 e. The first-order valence-corrected chi connectivity index (χ1v) is 6.61. The summed E-state index contributed by atoms with van der Waals surface area (Å²) < 4.78 is 0.870. The maximum Gasteiger partial charge on any atom is 0.147 e. The summed E-state index contributed by atoms with van der Waals surface area (Å²) >= 11 is 10.9. The summed E-state index contributed by atoms with van der Waals surface area (Å²) in [6.45, 7) is 1.89. The van der Waals surface area contributed by atoms with Crippen molar-refractivity contribution in [3.8, 4) is 10.6 Å². The highest BCUT2D eigenvalue weighted by molar-refractivity contribution is 9.10. The maximum atomic E-state index is 6.02. The second kappa shape index (κ2) is 4.79. The fourth-order valence-corrected chi connectivity index (χ4v) is 2.38. The van der Waals surface area contributed by atoms with Crippen LogP contribution in [0.4, 0.5) is 0 Å². The average molecular weight is 319 g/mol. The van der Waals surface area contributed by atoms with Crippen molar-refractivity contribution >= 4 is 38.9 Å². The molecule has 1 aromatic heterocycles. The lowest BCUT2D eigenvalue weighted by atomic mass is 10.2. The lowest BCUT2D eigenvalue weighted by Gasteiger charge is -1.98. The third-order valence-electron chi connectivity index (χ3n) is 2.00. The number of aromatic nitrogens is 2. The van der Waals surface area contributed by atoms with E-state index in [0.717, 1.165) is 20.1 Å². The van der Waals surface area contributed by atoms with Crippen LogP contribution in [0.1, 0.15) is 18.0 Å². The zero-order valence-corrected chi connectivity index (χ0v) is 11.6. The van der Waals surface area contributed by atoms with Crippen LogP contribution in [0.3, 0.4) is 0 Å². The van der Waals surface area contributed by atoms with Gasteiger partial charge in [-0.05, 0) is 35.0 Å². The Kier molecular flexibility index (Phi) is 3.59. The first-order valence-electron chi connectivity index (χ1n) is 4.62. The highest BCUT2D eigenvalue weighted by Gasteiger charge is 2.10. The Morgan fingerprint density at radius 3 is 2.75 bits per heavy atom. The number of hydrogen-bond donors (Lipinski definition) is 1. The summed E-state index contributed by atoms with van der Waals surface area (Å²) in [4.78, 5) is 0. The van der Waals surface area contributed by atoms with Crippen molar-refractivity contribution in [2.45, 2.75) is 13.0 Å². The van der Waals surface area contributed by atoms with E-state index in [1.165, 1.54) is 11.3 Å². The number of benzene rings is 1. The molecule has 0 spiro atoms. The molecule has 0 aliphatic heterocycles. The van der Waals surface area contributed by atoms with Gasteiger partial charge in [-0.1, -0.05) is 29.0 Å². The minimum atomic E-state index is -0.0860. The quantitative estimate of drug-likeness (QED) is 0.919. The minimum absolute atomic E-state index is 0.0860. The molecule has 1 atom stereocenters. The highest BCUT2D eigenvalue weighted by atomic mass is 79.9. The zero-order valence-electron chi connectivity index (χ0n) is 8.45. The van der Waals surface area contributed by atoms with E-state index in [9.17, 15) is 0 Å². The standard InChI is InChI=1S/C10H9BrClN3S/c1-5(13)9-14-15-10(16-9)6-2-3-7(11)8(12)4-6/h2-5H,13H2,1H3. The Morgan fingerprint density at radius 2 is 2.19 bits per heavy atom. The van der Waals surface area contributed by atoms with Gasteiger partial charge in [0.25, 0.3) is 0 Å². The topological polar surface area (TPSA) is 51.8 Å². The van der Waals surface area contributed by atoms with Crippen LogP contribution in [-0.2, 0) is 0 Å². The van der Waals surface area contributed by atoms with Crippen LogP contribution in [0.15, 0.2) is 22.7 Å². The molecule has 0 saturated carbocycles.